The molecule has 1 unspecified atom stereocenters. The van der Waals surface area contributed by atoms with Gasteiger partial charge in [0.15, 0.2) is 0 Å². The second kappa shape index (κ2) is 12.0. The summed E-state index contributed by atoms with van der Waals surface area (Å²) in [6.45, 7) is 13.6. The molecule has 14 heteroatoms. The first kappa shape index (κ1) is 31.7. The SMILES string of the molecule is [C-]#[N+]c1ccc(NC(=O)C(C)(C)n2cc(N3CC(N4CC(C#Cc5ccc6c(c5)C(=O)N(C5CCC(=O)NC5=O)C6=O)C4)C3)cn2)cc1F. The highest BCUT2D eigenvalue weighted by atomic mass is 19.1. The van der Waals surface area contributed by atoms with E-state index in [0.29, 0.717) is 11.6 Å². The molecule has 3 aromatic rings. The van der Waals surface area contributed by atoms with Crippen molar-refractivity contribution in [2.45, 2.75) is 44.3 Å². The van der Waals surface area contributed by atoms with Gasteiger partial charge in [0, 0.05) is 62.0 Å². The fraction of sp³-hybridized carbons (Fsp3) is 0.343. The zero-order valence-electron chi connectivity index (χ0n) is 26.7. The van der Waals surface area contributed by atoms with Crippen molar-refractivity contribution >= 4 is 46.6 Å². The minimum absolute atomic E-state index is 0.0648. The number of piperidine rings is 1. The fourth-order valence-corrected chi connectivity index (χ4v) is 6.38. The number of likely N-dealkylation sites (tertiary alicyclic amines) is 1. The lowest BCUT2D eigenvalue weighted by Crippen LogP contribution is -2.65. The Morgan fingerprint density at radius 2 is 1.82 bits per heavy atom. The first-order chi connectivity index (χ1) is 23.4. The first-order valence-electron chi connectivity index (χ1n) is 15.8. The van der Waals surface area contributed by atoms with Crippen LogP contribution in [-0.4, -0.2) is 87.4 Å². The summed E-state index contributed by atoms with van der Waals surface area (Å²) in [7, 11) is 0. The number of imide groups is 2. The maximum absolute atomic E-state index is 14.0. The van der Waals surface area contributed by atoms with E-state index in [4.69, 9.17) is 6.57 Å². The predicted molar refractivity (Wildman–Crippen MR) is 174 cm³/mol. The molecule has 2 N–H and O–H groups in total. The predicted octanol–water partition coefficient (Wildman–Crippen LogP) is 2.52. The number of aromatic nitrogens is 2. The Bertz CT molecular complexity index is 2040. The molecule has 5 heterocycles. The van der Waals surface area contributed by atoms with Crippen molar-refractivity contribution in [3.63, 3.8) is 0 Å². The number of halogens is 1. The molecule has 7 rings (SSSR count). The Labute approximate surface area is 280 Å². The van der Waals surface area contributed by atoms with E-state index in [1.54, 1.807) is 42.9 Å². The third-order valence-corrected chi connectivity index (χ3v) is 9.54. The van der Waals surface area contributed by atoms with Crippen LogP contribution in [0.25, 0.3) is 4.85 Å². The second-order valence-electron chi connectivity index (χ2n) is 13.1. The summed E-state index contributed by atoms with van der Waals surface area (Å²) < 4.78 is 15.6. The van der Waals surface area contributed by atoms with Crippen molar-refractivity contribution < 1.29 is 28.4 Å². The number of nitrogens with one attached hydrogen (secondary N) is 2. The fourth-order valence-electron chi connectivity index (χ4n) is 6.38. The number of carbonyl (C=O) groups excluding carboxylic acids is 5. The van der Waals surface area contributed by atoms with Crippen LogP contribution in [0.5, 0.6) is 0 Å². The van der Waals surface area contributed by atoms with E-state index in [1.165, 1.54) is 12.1 Å². The van der Waals surface area contributed by atoms with Gasteiger partial charge in [0.25, 0.3) is 17.7 Å². The average molecular weight is 663 g/mol. The van der Waals surface area contributed by atoms with Gasteiger partial charge in [-0.25, -0.2) is 9.24 Å². The van der Waals surface area contributed by atoms with Gasteiger partial charge in [0.2, 0.25) is 17.5 Å². The Kier molecular flexibility index (Phi) is 7.76. The lowest BCUT2D eigenvalue weighted by molar-refractivity contribution is -0.136. The van der Waals surface area contributed by atoms with Crippen molar-refractivity contribution in [1.29, 1.82) is 0 Å². The number of benzene rings is 2. The molecule has 5 amide bonds. The summed E-state index contributed by atoms with van der Waals surface area (Å²) in [6.07, 6.45) is 3.71. The Balaban J connectivity index is 0.903. The minimum atomic E-state index is -1.06. The summed E-state index contributed by atoms with van der Waals surface area (Å²) >= 11 is 0. The van der Waals surface area contributed by atoms with Crippen LogP contribution in [0.2, 0.25) is 0 Å². The molecule has 248 valence electrons. The average Bonchev–Trinajstić information content (AvgIpc) is 3.61. The lowest BCUT2D eigenvalue weighted by Gasteiger charge is -2.51. The van der Waals surface area contributed by atoms with Crippen molar-refractivity contribution in [3.05, 3.63) is 82.7 Å². The molecular weight excluding hydrogens is 631 g/mol. The van der Waals surface area contributed by atoms with Gasteiger partial charge in [-0.1, -0.05) is 17.9 Å². The number of hydrogen-bond donors (Lipinski definition) is 2. The van der Waals surface area contributed by atoms with Gasteiger partial charge < -0.3 is 10.2 Å². The second-order valence-corrected chi connectivity index (χ2v) is 13.1. The maximum atomic E-state index is 14.0. The van der Waals surface area contributed by atoms with Crippen molar-refractivity contribution in [3.8, 4) is 11.8 Å². The van der Waals surface area contributed by atoms with Crippen LogP contribution in [0.3, 0.4) is 0 Å². The quantitative estimate of drug-likeness (QED) is 0.233. The number of fused-ring (bicyclic) bond motifs is 1. The molecular formula is C35H31FN8O5. The molecule has 0 aliphatic carbocycles. The van der Waals surface area contributed by atoms with Crippen LogP contribution in [0.4, 0.5) is 21.5 Å². The summed E-state index contributed by atoms with van der Waals surface area (Å²) in [4.78, 5) is 71.5. The molecule has 1 aromatic heterocycles. The molecule has 13 nitrogen and oxygen atoms in total. The summed E-state index contributed by atoms with van der Waals surface area (Å²) in [5.41, 5.74) is 1.02. The zero-order chi connectivity index (χ0) is 34.6. The van der Waals surface area contributed by atoms with E-state index in [-0.39, 0.29) is 47.2 Å². The highest BCUT2D eigenvalue weighted by Gasteiger charge is 2.45. The van der Waals surface area contributed by atoms with E-state index in [1.807, 2.05) is 6.20 Å². The van der Waals surface area contributed by atoms with Crippen molar-refractivity contribution in [2.24, 2.45) is 5.92 Å². The van der Waals surface area contributed by atoms with E-state index in [2.05, 4.69) is 42.2 Å². The molecule has 3 saturated heterocycles. The molecule has 3 fully saturated rings. The molecule has 1 atom stereocenters. The number of rotatable bonds is 6. The standard InChI is InChI=1S/C35H31FN8O5/c1-35(2,34(49)39-22-7-9-28(37-3)27(36)13-22)43-19-23(14-38-43)42-17-24(18-42)41-15-21(16-41)5-4-20-6-8-25-26(12-20)33(48)44(32(25)47)29-10-11-30(45)40-31(29)46/h6-9,12-14,19,21,24,29H,10-11,15-18H2,1-2H3,(H,39,49)(H,40,45,46). The number of anilines is 2. The third-order valence-electron chi connectivity index (χ3n) is 9.54. The van der Waals surface area contributed by atoms with E-state index >= 15 is 0 Å². The number of nitrogens with zero attached hydrogens (tertiary/aromatic N) is 6. The van der Waals surface area contributed by atoms with Crippen LogP contribution in [0.15, 0.2) is 48.8 Å². The smallest absolute Gasteiger partial charge is 0.262 e. The summed E-state index contributed by atoms with van der Waals surface area (Å²) in [5.74, 6) is 3.33. The van der Waals surface area contributed by atoms with Gasteiger partial charge in [-0.15, -0.1) is 0 Å². The molecule has 0 spiro atoms. The van der Waals surface area contributed by atoms with Gasteiger partial charge in [-0.05, 0) is 50.6 Å². The number of amides is 5. The molecule has 49 heavy (non-hydrogen) atoms. The number of carbonyl (C=O) groups is 5. The monoisotopic (exact) mass is 662 g/mol. The molecule has 0 saturated carbocycles. The van der Waals surface area contributed by atoms with E-state index in [9.17, 15) is 28.4 Å². The summed E-state index contributed by atoms with van der Waals surface area (Å²) in [5, 5.41) is 9.33. The minimum Gasteiger partial charge on any atom is -0.366 e. The van der Waals surface area contributed by atoms with E-state index in [0.717, 1.165) is 42.8 Å². The third kappa shape index (κ3) is 5.70. The molecule has 0 bridgehead atoms. The molecule has 4 aliphatic rings. The molecule has 2 aromatic carbocycles. The number of hydrogen-bond acceptors (Lipinski definition) is 8. The van der Waals surface area contributed by atoms with Gasteiger partial charge >= 0.3 is 0 Å². The van der Waals surface area contributed by atoms with Crippen LogP contribution in [0.1, 0.15) is 53.0 Å². The summed E-state index contributed by atoms with van der Waals surface area (Å²) in [6, 6.07) is 8.14. The largest absolute Gasteiger partial charge is 0.366 e. The van der Waals surface area contributed by atoms with Crippen LogP contribution in [-0.2, 0) is 19.9 Å². The van der Waals surface area contributed by atoms with Crippen LogP contribution >= 0.6 is 0 Å². The van der Waals surface area contributed by atoms with Crippen LogP contribution in [0, 0.1) is 30.1 Å². The Morgan fingerprint density at radius 1 is 1.06 bits per heavy atom. The van der Waals surface area contributed by atoms with Gasteiger partial charge in [-0.2, -0.15) is 5.10 Å². The van der Waals surface area contributed by atoms with Gasteiger partial charge in [0.1, 0.15) is 17.4 Å². The first-order valence-corrected chi connectivity index (χ1v) is 15.8. The Hall–Kier alpha value is -5.86. The topological polar surface area (TPSA) is 141 Å². The lowest BCUT2D eigenvalue weighted by atomic mass is 9.94. The van der Waals surface area contributed by atoms with Crippen molar-refractivity contribution in [1.82, 2.24) is 24.9 Å². The maximum Gasteiger partial charge on any atom is 0.262 e. The van der Waals surface area contributed by atoms with Gasteiger partial charge in [-0.3, -0.25) is 43.8 Å². The molecule has 0 radical (unpaired) electrons. The molecule has 4 aliphatic heterocycles. The van der Waals surface area contributed by atoms with Crippen molar-refractivity contribution in [2.75, 3.05) is 36.4 Å². The van der Waals surface area contributed by atoms with Gasteiger partial charge in [0.05, 0.1) is 29.6 Å². The zero-order valence-corrected chi connectivity index (χ0v) is 26.7. The highest BCUT2D eigenvalue weighted by molar-refractivity contribution is 6.23. The van der Waals surface area contributed by atoms with Crippen LogP contribution < -0.4 is 15.5 Å². The van der Waals surface area contributed by atoms with E-state index < -0.39 is 41.0 Å². The Morgan fingerprint density at radius 3 is 2.53 bits per heavy atom. The normalized spacial score (nSPS) is 19.8. The highest BCUT2D eigenvalue weighted by Crippen LogP contribution is 2.31.